The Bertz CT molecular complexity index is 766. The summed E-state index contributed by atoms with van der Waals surface area (Å²) in [7, 11) is 0. The minimum absolute atomic E-state index is 0.0775. The molecule has 0 aliphatic carbocycles. The molecule has 0 radical (unpaired) electrons. The minimum atomic E-state index is 0.0775. The van der Waals surface area contributed by atoms with E-state index < -0.39 is 0 Å². The fourth-order valence-electron chi connectivity index (χ4n) is 2.20. The summed E-state index contributed by atoms with van der Waals surface area (Å²) < 4.78 is 1.86. The van der Waals surface area contributed by atoms with Crippen molar-refractivity contribution in [1.29, 1.82) is 0 Å². The van der Waals surface area contributed by atoms with Gasteiger partial charge < -0.3 is 5.11 Å². The van der Waals surface area contributed by atoms with Crippen LogP contribution >= 0.6 is 0 Å². The second kappa shape index (κ2) is 5.13. The van der Waals surface area contributed by atoms with E-state index in [0.717, 1.165) is 10.8 Å². The number of hydrogen-bond donors (Lipinski definition) is 1. The standard InChI is InChI=1S/C17H13NO2/c19-16-7-6-15-11-18(9-8-14(15)10-16)12-17(20)13-4-2-1-3-5-13/h1-11H,12H2/p+1. The number of carbonyl (C=O) groups is 1. The van der Waals surface area contributed by atoms with Gasteiger partial charge in [-0.15, -0.1) is 0 Å². The van der Waals surface area contributed by atoms with Crippen LogP contribution in [0.4, 0.5) is 0 Å². The van der Waals surface area contributed by atoms with Crippen molar-refractivity contribution in [2.24, 2.45) is 0 Å². The van der Waals surface area contributed by atoms with E-state index in [1.807, 2.05) is 59.4 Å². The molecule has 0 atom stereocenters. The maximum atomic E-state index is 12.1. The van der Waals surface area contributed by atoms with E-state index >= 15 is 0 Å². The fourth-order valence-corrected chi connectivity index (χ4v) is 2.20. The first-order chi connectivity index (χ1) is 9.72. The third-order valence-corrected chi connectivity index (χ3v) is 3.24. The predicted molar refractivity (Wildman–Crippen MR) is 76.6 cm³/mol. The molecule has 2 aromatic carbocycles. The molecular formula is C17H14NO2+. The van der Waals surface area contributed by atoms with E-state index in [2.05, 4.69) is 0 Å². The summed E-state index contributed by atoms with van der Waals surface area (Å²) in [6.45, 7) is 0.306. The van der Waals surface area contributed by atoms with Crippen molar-refractivity contribution in [3.63, 3.8) is 0 Å². The number of benzene rings is 2. The minimum Gasteiger partial charge on any atom is -0.508 e. The molecule has 3 heteroatoms. The third kappa shape index (κ3) is 2.52. The number of hydrogen-bond acceptors (Lipinski definition) is 2. The maximum Gasteiger partial charge on any atom is 0.227 e. The highest BCUT2D eigenvalue weighted by molar-refractivity contribution is 5.95. The lowest BCUT2D eigenvalue weighted by Gasteiger charge is -2.00. The van der Waals surface area contributed by atoms with Gasteiger partial charge >= 0.3 is 0 Å². The topological polar surface area (TPSA) is 41.2 Å². The molecule has 0 aliphatic rings. The van der Waals surface area contributed by atoms with Crippen LogP contribution in [0.1, 0.15) is 10.4 Å². The zero-order chi connectivity index (χ0) is 13.9. The molecular weight excluding hydrogens is 250 g/mol. The summed E-state index contributed by atoms with van der Waals surface area (Å²) in [6.07, 6.45) is 3.76. The molecule has 3 aromatic rings. The largest absolute Gasteiger partial charge is 0.508 e. The Morgan fingerprint density at radius 1 is 1.00 bits per heavy atom. The number of nitrogens with zero attached hydrogens (tertiary/aromatic N) is 1. The van der Waals surface area contributed by atoms with Gasteiger partial charge in [0.25, 0.3) is 0 Å². The highest BCUT2D eigenvalue weighted by Gasteiger charge is 2.12. The Kier molecular flexibility index (Phi) is 3.17. The average molecular weight is 264 g/mol. The second-order valence-corrected chi connectivity index (χ2v) is 4.72. The number of pyridine rings is 1. The van der Waals surface area contributed by atoms with E-state index in [4.69, 9.17) is 0 Å². The molecule has 1 aromatic heterocycles. The highest BCUT2D eigenvalue weighted by atomic mass is 16.3. The van der Waals surface area contributed by atoms with Crippen LogP contribution in [0.25, 0.3) is 10.8 Å². The number of phenolic OH excluding ortho intramolecular Hbond substituents is 1. The number of phenols is 1. The van der Waals surface area contributed by atoms with Gasteiger partial charge in [0.15, 0.2) is 12.4 Å². The number of aromatic hydroxyl groups is 1. The van der Waals surface area contributed by atoms with Crippen molar-refractivity contribution in [3.8, 4) is 5.75 Å². The van der Waals surface area contributed by atoms with E-state index in [0.29, 0.717) is 12.1 Å². The maximum absolute atomic E-state index is 12.1. The van der Waals surface area contributed by atoms with Gasteiger partial charge in [-0.1, -0.05) is 30.3 Å². The molecule has 0 saturated carbocycles. The molecule has 20 heavy (non-hydrogen) atoms. The van der Waals surface area contributed by atoms with Crippen LogP contribution < -0.4 is 4.57 Å². The number of carbonyl (C=O) groups excluding carboxylic acids is 1. The molecule has 1 N–H and O–H groups in total. The second-order valence-electron chi connectivity index (χ2n) is 4.72. The lowest BCUT2D eigenvalue weighted by Crippen LogP contribution is -2.37. The first kappa shape index (κ1) is 12.4. The summed E-state index contributed by atoms with van der Waals surface area (Å²) in [4.78, 5) is 12.1. The smallest absolute Gasteiger partial charge is 0.227 e. The van der Waals surface area contributed by atoms with Gasteiger partial charge in [-0.05, 0) is 23.6 Å². The number of aromatic nitrogens is 1. The van der Waals surface area contributed by atoms with E-state index in [-0.39, 0.29) is 11.5 Å². The van der Waals surface area contributed by atoms with Crippen LogP contribution in [0.5, 0.6) is 5.75 Å². The van der Waals surface area contributed by atoms with Crippen molar-refractivity contribution < 1.29 is 14.5 Å². The quantitative estimate of drug-likeness (QED) is 0.583. The van der Waals surface area contributed by atoms with E-state index in [9.17, 15) is 9.90 Å². The van der Waals surface area contributed by atoms with E-state index in [1.165, 1.54) is 0 Å². The van der Waals surface area contributed by atoms with Crippen molar-refractivity contribution >= 4 is 16.6 Å². The SMILES string of the molecule is O=C(C[n+]1ccc2cc(O)ccc2c1)c1ccccc1. The number of ketones is 1. The summed E-state index contributed by atoms with van der Waals surface area (Å²) in [5.41, 5.74) is 0.714. The molecule has 0 spiro atoms. The molecule has 0 bridgehead atoms. The summed E-state index contributed by atoms with van der Waals surface area (Å²) in [6, 6.07) is 16.4. The Hall–Kier alpha value is -2.68. The van der Waals surface area contributed by atoms with Gasteiger partial charge in [-0.2, -0.15) is 4.57 Å². The Morgan fingerprint density at radius 2 is 1.80 bits per heavy atom. The molecule has 0 fully saturated rings. The summed E-state index contributed by atoms with van der Waals surface area (Å²) >= 11 is 0. The number of rotatable bonds is 3. The van der Waals surface area contributed by atoms with Crippen molar-refractivity contribution in [2.75, 3.05) is 0 Å². The number of Topliss-reactive ketones (excluding diaryl/α,β-unsaturated/α-hetero) is 1. The molecule has 1 heterocycles. The highest BCUT2D eigenvalue weighted by Crippen LogP contribution is 2.17. The first-order valence-corrected chi connectivity index (χ1v) is 6.42. The zero-order valence-electron chi connectivity index (χ0n) is 10.9. The Morgan fingerprint density at radius 3 is 2.60 bits per heavy atom. The van der Waals surface area contributed by atoms with Gasteiger partial charge in [-0.3, -0.25) is 4.79 Å². The zero-order valence-corrected chi connectivity index (χ0v) is 10.9. The van der Waals surface area contributed by atoms with Crippen LogP contribution in [-0.2, 0) is 6.54 Å². The predicted octanol–water partition coefficient (Wildman–Crippen LogP) is 2.72. The lowest BCUT2D eigenvalue weighted by molar-refractivity contribution is -0.681. The molecule has 0 amide bonds. The molecule has 3 nitrogen and oxygen atoms in total. The van der Waals surface area contributed by atoms with Gasteiger partial charge in [0, 0.05) is 17.0 Å². The van der Waals surface area contributed by atoms with Crippen LogP contribution in [0.3, 0.4) is 0 Å². The van der Waals surface area contributed by atoms with Crippen LogP contribution in [0, 0.1) is 0 Å². The molecule has 3 rings (SSSR count). The van der Waals surface area contributed by atoms with Crippen molar-refractivity contribution in [3.05, 3.63) is 72.6 Å². The summed E-state index contributed by atoms with van der Waals surface area (Å²) in [5, 5.41) is 11.4. The lowest BCUT2D eigenvalue weighted by atomic mass is 10.1. The van der Waals surface area contributed by atoms with Crippen molar-refractivity contribution in [2.45, 2.75) is 6.54 Å². The number of fused-ring (bicyclic) bond motifs is 1. The molecule has 0 unspecified atom stereocenters. The average Bonchev–Trinajstić information content (AvgIpc) is 2.48. The van der Waals surface area contributed by atoms with Crippen LogP contribution in [0.15, 0.2) is 67.0 Å². The van der Waals surface area contributed by atoms with Gasteiger partial charge in [0.2, 0.25) is 12.3 Å². The van der Waals surface area contributed by atoms with Gasteiger partial charge in [-0.25, -0.2) is 0 Å². The normalized spacial score (nSPS) is 10.6. The summed E-state index contributed by atoms with van der Waals surface area (Å²) in [5.74, 6) is 0.323. The van der Waals surface area contributed by atoms with Gasteiger partial charge in [0.05, 0.1) is 0 Å². The third-order valence-electron chi connectivity index (χ3n) is 3.24. The Balaban J connectivity index is 1.88. The van der Waals surface area contributed by atoms with Crippen LogP contribution in [0.2, 0.25) is 0 Å². The molecule has 0 aliphatic heterocycles. The van der Waals surface area contributed by atoms with Crippen LogP contribution in [-0.4, -0.2) is 10.9 Å². The fraction of sp³-hybridized carbons (Fsp3) is 0.0588. The molecule has 0 saturated heterocycles. The Labute approximate surface area is 116 Å². The van der Waals surface area contributed by atoms with E-state index in [1.54, 1.807) is 12.1 Å². The van der Waals surface area contributed by atoms with Crippen molar-refractivity contribution in [1.82, 2.24) is 0 Å². The first-order valence-electron chi connectivity index (χ1n) is 6.42. The van der Waals surface area contributed by atoms with Gasteiger partial charge in [0.1, 0.15) is 5.75 Å². The monoisotopic (exact) mass is 264 g/mol. The molecule has 98 valence electrons.